The predicted octanol–water partition coefficient (Wildman–Crippen LogP) is 1.16. The first-order chi connectivity index (χ1) is 9.24. The molecule has 5 heteroatoms. The van der Waals surface area contributed by atoms with Crippen molar-refractivity contribution in [1.82, 2.24) is 4.90 Å². The van der Waals surface area contributed by atoms with Gasteiger partial charge in [-0.25, -0.2) is 0 Å². The minimum absolute atomic E-state index is 0.196. The van der Waals surface area contributed by atoms with Crippen LogP contribution >= 0.6 is 11.8 Å². The number of para-hydroxylation sites is 1. The Labute approximate surface area is 117 Å². The first-order valence-electron chi connectivity index (χ1n) is 6.74. The number of hydrogen-bond acceptors (Lipinski definition) is 4. The summed E-state index contributed by atoms with van der Waals surface area (Å²) in [5, 5.41) is 0. The number of fused-ring (bicyclic) bond motifs is 1. The van der Waals surface area contributed by atoms with Crippen LogP contribution in [0.4, 0.5) is 5.69 Å². The number of benzene rings is 1. The van der Waals surface area contributed by atoms with Crippen LogP contribution in [0.5, 0.6) is 0 Å². The van der Waals surface area contributed by atoms with Crippen molar-refractivity contribution in [2.24, 2.45) is 5.73 Å². The lowest BCUT2D eigenvalue weighted by Crippen LogP contribution is -2.42. The van der Waals surface area contributed by atoms with Gasteiger partial charge < -0.3 is 10.6 Å². The third-order valence-corrected chi connectivity index (χ3v) is 4.74. The zero-order valence-electron chi connectivity index (χ0n) is 10.9. The van der Waals surface area contributed by atoms with Crippen molar-refractivity contribution in [2.45, 2.75) is 17.4 Å². The van der Waals surface area contributed by atoms with Crippen LogP contribution < -0.4 is 10.6 Å². The maximum absolute atomic E-state index is 12.5. The second-order valence-electron chi connectivity index (χ2n) is 5.15. The molecule has 0 saturated carbocycles. The number of carbonyl (C=O) groups is 1. The van der Waals surface area contributed by atoms with Gasteiger partial charge in [0.25, 0.3) is 0 Å². The Kier molecular flexibility index (Phi) is 3.77. The lowest BCUT2D eigenvalue weighted by Gasteiger charge is -2.30. The molecule has 1 saturated heterocycles. The number of rotatable bonds is 2. The van der Waals surface area contributed by atoms with E-state index in [1.165, 1.54) is 4.90 Å². The highest BCUT2D eigenvalue weighted by atomic mass is 32.2. The molecule has 0 spiro atoms. The fraction of sp³-hybridized carbons (Fsp3) is 0.500. The summed E-state index contributed by atoms with van der Waals surface area (Å²) in [7, 11) is 0. The van der Waals surface area contributed by atoms with Crippen LogP contribution in [0.25, 0.3) is 0 Å². The number of likely N-dealkylation sites (tertiary alicyclic amines) is 1. The number of amides is 1. The minimum atomic E-state index is 0.196. The molecule has 2 aliphatic heterocycles. The highest BCUT2D eigenvalue weighted by molar-refractivity contribution is 7.99. The molecule has 3 rings (SSSR count). The molecular weight excluding hydrogens is 258 g/mol. The Hall–Kier alpha value is -1.04. The van der Waals surface area contributed by atoms with Gasteiger partial charge in [0, 0.05) is 36.3 Å². The summed E-state index contributed by atoms with van der Waals surface area (Å²) in [6, 6.07) is 8.38. The molecule has 19 heavy (non-hydrogen) atoms. The zero-order chi connectivity index (χ0) is 13.2. The number of nitrogens with zero attached hydrogens (tertiary/aromatic N) is 2. The van der Waals surface area contributed by atoms with E-state index in [0.717, 1.165) is 37.5 Å². The average molecular weight is 277 g/mol. The predicted molar refractivity (Wildman–Crippen MR) is 78.6 cm³/mol. The van der Waals surface area contributed by atoms with E-state index in [1.807, 2.05) is 34.9 Å². The second kappa shape index (κ2) is 5.53. The highest BCUT2D eigenvalue weighted by Crippen LogP contribution is 2.34. The summed E-state index contributed by atoms with van der Waals surface area (Å²) in [6.45, 7) is 3.08. The van der Waals surface area contributed by atoms with E-state index in [2.05, 4.69) is 11.0 Å². The number of anilines is 1. The maximum Gasteiger partial charge on any atom is 0.241 e. The fourth-order valence-electron chi connectivity index (χ4n) is 2.71. The van der Waals surface area contributed by atoms with Crippen LogP contribution in [-0.4, -0.2) is 48.8 Å². The topological polar surface area (TPSA) is 49.6 Å². The lowest BCUT2D eigenvalue weighted by atomic mass is 10.2. The quantitative estimate of drug-likeness (QED) is 0.881. The molecule has 0 aromatic heterocycles. The molecule has 2 aliphatic rings. The standard InChI is InChI=1S/C14H19N3OS/c15-11-5-6-16(9-11)10-14(18)17-7-8-19-13-4-2-1-3-12(13)17/h1-4,11H,5-10,15H2/t11-/m0/s1. The Morgan fingerprint density at radius 1 is 1.37 bits per heavy atom. The Bertz CT molecular complexity index is 480. The molecule has 2 N–H and O–H groups in total. The Morgan fingerprint density at radius 2 is 2.21 bits per heavy atom. The first-order valence-corrected chi connectivity index (χ1v) is 7.73. The zero-order valence-corrected chi connectivity index (χ0v) is 11.7. The smallest absolute Gasteiger partial charge is 0.241 e. The van der Waals surface area contributed by atoms with Gasteiger partial charge in [0.1, 0.15) is 0 Å². The van der Waals surface area contributed by atoms with Crippen LogP contribution in [0.2, 0.25) is 0 Å². The number of thioether (sulfide) groups is 1. The van der Waals surface area contributed by atoms with Gasteiger partial charge in [-0.1, -0.05) is 12.1 Å². The Morgan fingerprint density at radius 3 is 3.00 bits per heavy atom. The average Bonchev–Trinajstić information content (AvgIpc) is 2.83. The Balaban J connectivity index is 1.71. The summed E-state index contributed by atoms with van der Waals surface area (Å²) >= 11 is 1.83. The van der Waals surface area contributed by atoms with Gasteiger partial charge in [-0.15, -0.1) is 11.8 Å². The van der Waals surface area contributed by atoms with Gasteiger partial charge >= 0.3 is 0 Å². The molecule has 0 aliphatic carbocycles. The van der Waals surface area contributed by atoms with Crippen molar-refractivity contribution in [1.29, 1.82) is 0 Å². The summed E-state index contributed by atoms with van der Waals surface area (Å²) in [4.78, 5) is 17.8. The van der Waals surface area contributed by atoms with Crippen LogP contribution in [-0.2, 0) is 4.79 Å². The number of nitrogens with two attached hydrogens (primary N) is 1. The molecule has 1 aromatic carbocycles. The van der Waals surface area contributed by atoms with Crippen LogP contribution in [0.1, 0.15) is 6.42 Å². The molecule has 1 fully saturated rings. The highest BCUT2D eigenvalue weighted by Gasteiger charge is 2.26. The van der Waals surface area contributed by atoms with E-state index in [4.69, 9.17) is 5.73 Å². The van der Waals surface area contributed by atoms with Crippen molar-refractivity contribution >= 4 is 23.4 Å². The molecule has 0 unspecified atom stereocenters. The summed E-state index contributed by atoms with van der Waals surface area (Å²) < 4.78 is 0. The molecule has 2 heterocycles. The van der Waals surface area contributed by atoms with E-state index < -0.39 is 0 Å². The van der Waals surface area contributed by atoms with Crippen LogP contribution in [0.3, 0.4) is 0 Å². The third-order valence-electron chi connectivity index (χ3n) is 3.70. The molecular formula is C14H19N3OS. The monoisotopic (exact) mass is 277 g/mol. The normalized spacial score (nSPS) is 23.4. The third kappa shape index (κ3) is 2.78. The fourth-order valence-corrected chi connectivity index (χ4v) is 3.71. The molecule has 1 amide bonds. The van der Waals surface area contributed by atoms with Crippen molar-refractivity contribution in [3.05, 3.63) is 24.3 Å². The van der Waals surface area contributed by atoms with Gasteiger partial charge in [0.2, 0.25) is 5.91 Å². The van der Waals surface area contributed by atoms with E-state index in [1.54, 1.807) is 0 Å². The van der Waals surface area contributed by atoms with Gasteiger partial charge in [-0.2, -0.15) is 0 Å². The van der Waals surface area contributed by atoms with E-state index in [9.17, 15) is 4.79 Å². The summed E-state index contributed by atoms with van der Waals surface area (Å²) in [6.07, 6.45) is 1.000. The molecule has 0 bridgehead atoms. The van der Waals surface area contributed by atoms with Crippen molar-refractivity contribution < 1.29 is 4.79 Å². The SMILES string of the molecule is N[C@H]1CCN(CC(=O)N2CCSc3ccccc32)C1. The molecule has 1 aromatic rings. The van der Waals surface area contributed by atoms with Crippen molar-refractivity contribution in [3.8, 4) is 0 Å². The van der Waals surface area contributed by atoms with Crippen molar-refractivity contribution in [3.63, 3.8) is 0 Å². The van der Waals surface area contributed by atoms with E-state index >= 15 is 0 Å². The number of hydrogen-bond donors (Lipinski definition) is 1. The van der Waals surface area contributed by atoms with Gasteiger partial charge in [-0.3, -0.25) is 9.69 Å². The number of carbonyl (C=O) groups excluding carboxylic acids is 1. The second-order valence-corrected chi connectivity index (χ2v) is 6.28. The molecule has 102 valence electrons. The minimum Gasteiger partial charge on any atom is -0.326 e. The summed E-state index contributed by atoms with van der Waals surface area (Å²) in [5.41, 5.74) is 6.95. The molecule has 1 atom stereocenters. The molecule has 4 nitrogen and oxygen atoms in total. The lowest BCUT2D eigenvalue weighted by molar-refractivity contribution is -0.119. The van der Waals surface area contributed by atoms with E-state index in [0.29, 0.717) is 6.54 Å². The van der Waals surface area contributed by atoms with Gasteiger partial charge in [0.05, 0.1) is 12.2 Å². The maximum atomic E-state index is 12.5. The first kappa shape index (κ1) is 13.0. The summed E-state index contributed by atoms with van der Waals surface area (Å²) in [5.74, 6) is 1.17. The van der Waals surface area contributed by atoms with Gasteiger partial charge in [0.15, 0.2) is 0 Å². The van der Waals surface area contributed by atoms with Crippen LogP contribution in [0.15, 0.2) is 29.2 Å². The van der Waals surface area contributed by atoms with Crippen LogP contribution in [0, 0.1) is 0 Å². The van der Waals surface area contributed by atoms with E-state index in [-0.39, 0.29) is 11.9 Å². The molecule has 0 radical (unpaired) electrons. The largest absolute Gasteiger partial charge is 0.326 e. The van der Waals surface area contributed by atoms with Crippen molar-refractivity contribution in [2.75, 3.05) is 36.8 Å². The van der Waals surface area contributed by atoms with Gasteiger partial charge in [-0.05, 0) is 18.6 Å².